The van der Waals surface area contributed by atoms with Crippen LogP contribution in [-0.2, 0) is 16.1 Å². The molecule has 29 heavy (non-hydrogen) atoms. The van der Waals surface area contributed by atoms with Crippen molar-refractivity contribution in [3.63, 3.8) is 0 Å². The lowest BCUT2D eigenvalue weighted by atomic mass is 10.1. The Morgan fingerprint density at radius 1 is 1.10 bits per heavy atom. The van der Waals surface area contributed by atoms with Crippen LogP contribution >= 0.6 is 0 Å². The van der Waals surface area contributed by atoms with Crippen LogP contribution in [0.4, 0.5) is 0 Å². The van der Waals surface area contributed by atoms with Crippen molar-refractivity contribution in [1.82, 2.24) is 4.90 Å². The van der Waals surface area contributed by atoms with Crippen molar-refractivity contribution in [3.05, 3.63) is 70.8 Å². The number of nitrogens with zero attached hydrogens (tertiary/aromatic N) is 2. The van der Waals surface area contributed by atoms with E-state index in [0.717, 1.165) is 18.4 Å². The molecule has 0 unspecified atom stereocenters. The van der Waals surface area contributed by atoms with Crippen molar-refractivity contribution in [2.75, 3.05) is 20.2 Å². The lowest BCUT2D eigenvalue weighted by Crippen LogP contribution is -2.28. The quantitative estimate of drug-likeness (QED) is 0.428. The van der Waals surface area contributed by atoms with E-state index in [4.69, 9.17) is 9.47 Å². The fourth-order valence-electron chi connectivity index (χ4n) is 3.14. The zero-order valence-electron chi connectivity index (χ0n) is 16.3. The number of likely N-dealkylation sites (tertiary alicyclic amines) is 1. The fraction of sp³-hybridized carbons (Fsp3) is 0.261. The number of amides is 1. The molecule has 1 fully saturated rings. The highest BCUT2D eigenvalue weighted by Gasteiger charge is 2.21. The van der Waals surface area contributed by atoms with E-state index in [9.17, 15) is 14.9 Å². The Kier molecular flexibility index (Phi) is 6.64. The topological polar surface area (TPSA) is 79.6 Å². The SMILES string of the molecule is COC(=O)c1ccc(COc2ccccc2C=C(C#N)C(=O)N2CCCC2)cc1. The van der Waals surface area contributed by atoms with Gasteiger partial charge in [-0.2, -0.15) is 5.26 Å². The van der Waals surface area contributed by atoms with Gasteiger partial charge in [0.25, 0.3) is 5.91 Å². The molecule has 3 rings (SSSR count). The molecule has 6 heteroatoms. The van der Waals surface area contributed by atoms with E-state index in [2.05, 4.69) is 0 Å². The number of ether oxygens (including phenoxy) is 2. The summed E-state index contributed by atoms with van der Waals surface area (Å²) in [5, 5.41) is 9.46. The molecule has 2 aromatic rings. The highest BCUT2D eigenvalue weighted by Crippen LogP contribution is 2.23. The first-order valence-electron chi connectivity index (χ1n) is 9.42. The van der Waals surface area contributed by atoms with Gasteiger partial charge < -0.3 is 14.4 Å². The monoisotopic (exact) mass is 390 g/mol. The van der Waals surface area contributed by atoms with Gasteiger partial charge in [0.05, 0.1) is 12.7 Å². The summed E-state index contributed by atoms with van der Waals surface area (Å²) in [4.78, 5) is 25.8. The van der Waals surface area contributed by atoms with E-state index in [1.165, 1.54) is 7.11 Å². The molecule has 1 heterocycles. The third kappa shape index (κ3) is 5.02. The number of carbonyl (C=O) groups is 2. The molecule has 0 bridgehead atoms. The maximum atomic E-state index is 12.5. The summed E-state index contributed by atoms with van der Waals surface area (Å²) >= 11 is 0. The minimum Gasteiger partial charge on any atom is -0.488 e. The molecule has 0 atom stereocenters. The molecular weight excluding hydrogens is 368 g/mol. The first kappa shape index (κ1) is 20.2. The number of rotatable bonds is 6. The maximum Gasteiger partial charge on any atom is 0.337 e. The molecule has 0 saturated carbocycles. The predicted molar refractivity (Wildman–Crippen MR) is 108 cm³/mol. The molecule has 1 amide bonds. The van der Waals surface area contributed by atoms with E-state index in [0.29, 0.717) is 30.0 Å². The second-order valence-corrected chi connectivity index (χ2v) is 6.68. The van der Waals surface area contributed by atoms with Gasteiger partial charge >= 0.3 is 5.97 Å². The third-order valence-electron chi connectivity index (χ3n) is 4.73. The number of hydrogen-bond acceptors (Lipinski definition) is 5. The number of hydrogen-bond donors (Lipinski definition) is 0. The average Bonchev–Trinajstić information content (AvgIpc) is 3.31. The molecule has 1 saturated heterocycles. The van der Waals surface area contributed by atoms with Crippen LogP contribution < -0.4 is 4.74 Å². The van der Waals surface area contributed by atoms with E-state index in [1.54, 1.807) is 41.3 Å². The van der Waals surface area contributed by atoms with E-state index < -0.39 is 0 Å². The molecule has 0 aliphatic carbocycles. The van der Waals surface area contributed by atoms with Gasteiger partial charge in [0.15, 0.2) is 0 Å². The Bertz CT molecular complexity index is 952. The van der Waals surface area contributed by atoms with Crippen molar-refractivity contribution >= 4 is 18.0 Å². The van der Waals surface area contributed by atoms with Crippen molar-refractivity contribution in [2.45, 2.75) is 19.4 Å². The molecule has 148 valence electrons. The van der Waals surface area contributed by atoms with Gasteiger partial charge in [0.2, 0.25) is 0 Å². The lowest BCUT2D eigenvalue weighted by Gasteiger charge is -2.14. The molecule has 0 spiro atoms. The van der Waals surface area contributed by atoms with E-state index >= 15 is 0 Å². The molecule has 6 nitrogen and oxygen atoms in total. The van der Waals surface area contributed by atoms with Crippen molar-refractivity contribution < 1.29 is 19.1 Å². The normalized spacial score (nSPS) is 13.7. The molecule has 0 radical (unpaired) electrons. The minimum atomic E-state index is -0.389. The smallest absolute Gasteiger partial charge is 0.337 e. The molecular formula is C23H22N2O4. The van der Waals surface area contributed by atoms with Crippen LogP contribution in [-0.4, -0.2) is 37.0 Å². The molecule has 1 aliphatic rings. The molecule has 2 aromatic carbocycles. The van der Waals surface area contributed by atoms with E-state index in [-0.39, 0.29) is 24.1 Å². The fourth-order valence-corrected chi connectivity index (χ4v) is 3.14. The van der Waals surface area contributed by atoms with E-state index in [1.807, 2.05) is 24.3 Å². The van der Waals surface area contributed by atoms with Crippen LogP contribution in [0.15, 0.2) is 54.1 Å². The Balaban J connectivity index is 1.74. The number of carbonyl (C=O) groups excluding carboxylic acids is 2. The predicted octanol–water partition coefficient (Wildman–Crippen LogP) is 3.58. The van der Waals surface area contributed by atoms with Crippen molar-refractivity contribution in [2.24, 2.45) is 0 Å². The zero-order valence-corrected chi connectivity index (χ0v) is 16.3. The lowest BCUT2D eigenvalue weighted by molar-refractivity contribution is -0.125. The zero-order chi connectivity index (χ0) is 20.6. The highest BCUT2D eigenvalue weighted by atomic mass is 16.5. The average molecular weight is 390 g/mol. The number of methoxy groups -OCH3 is 1. The molecule has 1 aliphatic heterocycles. The summed E-state index contributed by atoms with van der Waals surface area (Å²) in [6.07, 6.45) is 3.52. The summed E-state index contributed by atoms with van der Waals surface area (Å²) in [6, 6.07) is 16.2. The summed E-state index contributed by atoms with van der Waals surface area (Å²) in [7, 11) is 1.34. The van der Waals surface area contributed by atoms with Gasteiger partial charge in [0, 0.05) is 18.7 Å². The Morgan fingerprint density at radius 2 is 1.79 bits per heavy atom. The van der Waals surface area contributed by atoms with Gasteiger partial charge in [-0.05, 0) is 42.7 Å². The first-order chi connectivity index (χ1) is 14.1. The summed E-state index contributed by atoms with van der Waals surface area (Å²) in [6.45, 7) is 1.67. The van der Waals surface area contributed by atoms with Crippen LogP contribution in [0.5, 0.6) is 5.75 Å². The van der Waals surface area contributed by atoms with Crippen LogP contribution in [0.3, 0.4) is 0 Å². The van der Waals surface area contributed by atoms with Crippen molar-refractivity contribution in [1.29, 1.82) is 5.26 Å². The molecule has 0 aromatic heterocycles. The first-order valence-corrected chi connectivity index (χ1v) is 9.42. The second-order valence-electron chi connectivity index (χ2n) is 6.68. The summed E-state index contributed by atoms with van der Waals surface area (Å²) < 4.78 is 10.6. The van der Waals surface area contributed by atoms with Crippen LogP contribution in [0, 0.1) is 11.3 Å². The summed E-state index contributed by atoms with van der Waals surface area (Å²) in [5.74, 6) is -0.0515. The molecule has 0 N–H and O–H groups in total. The van der Waals surface area contributed by atoms with Crippen molar-refractivity contribution in [3.8, 4) is 11.8 Å². The third-order valence-corrected chi connectivity index (χ3v) is 4.73. The van der Waals surface area contributed by atoms with Gasteiger partial charge in [-0.15, -0.1) is 0 Å². The Hall–Kier alpha value is -3.59. The number of esters is 1. The Morgan fingerprint density at radius 3 is 2.45 bits per heavy atom. The highest BCUT2D eigenvalue weighted by molar-refractivity contribution is 6.02. The number of benzene rings is 2. The van der Waals surface area contributed by atoms with Crippen LogP contribution in [0.1, 0.15) is 34.3 Å². The number of nitriles is 1. The number of para-hydroxylation sites is 1. The minimum absolute atomic E-state index is 0.102. The van der Waals surface area contributed by atoms with Crippen LogP contribution in [0.2, 0.25) is 0 Å². The summed E-state index contributed by atoms with van der Waals surface area (Å²) in [5.41, 5.74) is 2.12. The Labute approximate surface area is 170 Å². The second kappa shape index (κ2) is 9.56. The van der Waals surface area contributed by atoms with Gasteiger partial charge in [-0.1, -0.05) is 30.3 Å². The van der Waals surface area contributed by atoms with Gasteiger partial charge in [-0.3, -0.25) is 4.79 Å². The van der Waals surface area contributed by atoms with Gasteiger partial charge in [-0.25, -0.2) is 4.79 Å². The maximum absolute atomic E-state index is 12.5. The standard InChI is InChI=1S/C23H22N2O4/c1-28-23(27)18-10-8-17(9-11-18)16-29-21-7-3-2-6-19(21)14-20(15-24)22(26)25-12-4-5-13-25/h2-3,6-11,14H,4-5,12-13,16H2,1H3. The van der Waals surface area contributed by atoms with Crippen LogP contribution in [0.25, 0.3) is 6.08 Å². The largest absolute Gasteiger partial charge is 0.488 e. The van der Waals surface area contributed by atoms with Gasteiger partial charge in [0.1, 0.15) is 24.0 Å².